The van der Waals surface area contributed by atoms with Gasteiger partial charge in [0.2, 0.25) is 0 Å². The summed E-state index contributed by atoms with van der Waals surface area (Å²) in [5.74, 6) is -0.214. The van der Waals surface area contributed by atoms with Crippen LogP contribution in [0.15, 0.2) is 42.5 Å². The molecule has 5 nitrogen and oxygen atoms in total. The Hall–Kier alpha value is -2.82. The van der Waals surface area contributed by atoms with E-state index in [-0.39, 0.29) is 12.5 Å². The number of esters is 1. The van der Waals surface area contributed by atoms with Crippen LogP contribution in [0.3, 0.4) is 0 Å². The van der Waals surface area contributed by atoms with Gasteiger partial charge in [-0.1, -0.05) is 19.1 Å². The Morgan fingerprint density at radius 2 is 1.76 bits per heavy atom. The number of hydrogen-bond acceptors (Lipinski definition) is 4. The minimum Gasteiger partial charge on any atom is -0.494 e. The largest absolute Gasteiger partial charge is 0.494 e. The standard InChI is InChI=1S/C20H23NO4/c1-4-11-24-17-9-7-16(8-10-17)20(23)25-13-19(22)21-18-12-14(2)5-6-15(18)3/h5-10,12H,4,11,13H2,1-3H3,(H,21,22). The monoisotopic (exact) mass is 341 g/mol. The fourth-order valence-corrected chi connectivity index (χ4v) is 2.18. The molecule has 0 heterocycles. The molecule has 0 radical (unpaired) electrons. The average Bonchev–Trinajstić information content (AvgIpc) is 2.61. The van der Waals surface area contributed by atoms with E-state index < -0.39 is 5.97 Å². The fraction of sp³-hybridized carbons (Fsp3) is 0.300. The van der Waals surface area contributed by atoms with E-state index >= 15 is 0 Å². The SMILES string of the molecule is CCCOc1ccc(C(=O)OCC(=O)Nc2cc(C)ccc2C)cc1. The number of carbonyl (C=O) groups is 2. The highest BCUT2D eigenvalue weighted by Gasteiger charge is 2.11. The molecule has 0 unspecified atom stereocenters. The van der Waals surface area contributed by atoms with Crippen LogP contribution in [-0.2, 0) is 9.53 Å². The van der Waals surface area contributed by atoms with Crippen LogP contribution in [0.1, 0.15) is 34.8 Å². The third-order valence-corrected chi connectivity index (χ3v) is 3.56. The van der Waals surface area contributed by atoms with Crippen LogP contribution in [-0.4, -0.2) is 25.1 Å². The molecule has 0 atom stereocenters. The van der Waals surface area contributed by atoms with Gasteiger partial charge in [0.05, 0.1) is 12.2 Å². The highest BCUT2D eigenvalue weighted by Crippen LogP contribution is 2.16. The average molecular weight is 341 g/mol. The van der Waals surface area contributed by atoms with Gasteiger partial charge >= 0.3 is 5.97 Å². The molecule has 25 heavy (non-hydrogen) atoms. The zero-order chi connectivity index (χ0) is 18.2. The van der Waals surface area contributed by atoms with Gasteiger partial charge in [0.1, 0.15) is 5.75 Å². The topological polar surface area (TPSA) is 64.6 Å². The van der Waals surface area contributed by atoms with Crippen molar-refractivity contribution in [1.82, 2.24) is 0 Å². The number of aryl methyl sites for hydroxylation is 2. The summed E-state index contributed by atoms with van der Waals surface area (Å²) < 4.78 is 10.5. The van der Waals surface area contributed by atoms with E-state index in [4.69, 9.17) is 9.47 Å². The number of hydrogen-bond donors (Lipinski definition) is 1. The number of amides is 1. The van der Waals surface area contributed by atoms with E-state index in [1.165, 1.54) is 0 Å². The molecular formula is C20H23NO4. The van der Waals surface area contributed by atoms with Crippen molar-refractivity contribution in [2.75, 3.05) is 18.5 Å². The van der Waals surface area contributed by atoms with Gasteiger partial charge in [-0.2, -0.15) is 0 Å². The first kappa shape index (κ1) is 18.5. The predicted molar refractivity (Wildman–Crippen MR) is 97.1 cm³/mol. The highest BCUT2D eigenvalue weighted by molar-refractivity contribution is 5.96. The van der Waals surface area contributed by atoms with Crippen LogP contribution >= 0.6 is 0 Å². The summed E-state index contributed by atoms with van der Waals surface area (Å²) in [6, 6.07) is 12.4. The Kier molecular flexibility index (Phi) is 6.57. The lowest BCUT2D eigenvalue weighted by Gasteiger charge is -2.10. The van der Waals surface area contributed by atoms with Crippen molar-refractivity contribution in [2.45, 2.75) is 27.2 Å². The molecule has 0 bridgehead atoms. The summed E-state index contributed by atoms with van der Waals surface area (Å²) in [7, 11) is 0. The lowest BCUT2D eigenvalue weighted by molar-refractivity contribution is -0.119. The minimum absolute atomic E-state index is 0.333. The Morgan fingerprint density at radius 3 is 2.44 bits per heavy atom. The zero-order valence-electron chi connectivity index (χ0n) is 14.8. The molecule has 2 rings (SSSR count). The molecule has 1 N–H and O–H groups in total. The first-order valence-electron chi connectivity index (χ1n) is 8.26. The maximum atomic E-state index is 12.0. The smallest absolute Gasteiger partial charge is 0.338 e. The number of anilines is 1. The van der Waals surface area contributed by atoms with Gasteiger partial charge in [0.25, 0.3) is 5.91 Å². The predicted octanol–water partition coefficient (Wildman–Crippen LogP) is 3.89. The Balaban J connectivity index is 1.86. The summed E-state index contributed by atoms with van der Waals surface area (Å²) in [6.07, 6.45) is 0.916. The fourth-order valence-electron chi connectivity index (χ4n) is 2.18. The van der Waals surface area contributed by atoms with Crippen LogP contribution in [0.4, 0.5) is 5.69 Å². The van der Waals surface area contributed by atoms with Gasteiger partial charge in [-0.25, -0.2) is 4.79 Å². The molecule has 5 heteroatoms. The van der Waals surface area contributed by atoms with E-state index in [2.05, 4.69) is 5.32 Å². The molecule has 132 valence electrons. The number of ether oxygens (including phenoxy) is 2. The third-order valence-electron chi connectivity index (χ3n) is 3.56. The Bertz CT molecular complexity index is 738. The molecule has 0 aliphatic heterocycles. The molecule has 2 aromatic rings. The molecule has 0 aromatic heterocycles. The van der Waals surface area contributed by atoms with Gasteiger partial charge < -0.3 is 14.8 Å². The normalized spacial score (nSPS) is 10.2. The van der Waals surface area contributed by atoms with Crippen LogP contribution in [0, 0.1) is 13.8 Å². The van der Waals surface area contributed by atoms with Crippen molar-refractivity contribution in [3.8, 4) is 5.75 Å². The quantitative estimate of drug-likeness (QED) is 0.776. The molecule has 2 aromatic carbocycles. The summed E-state index contributed by atoms with van der Waals surface area (Å²) in [6.45, 7) is 6.17. The molecule has 0 saturated heterocycles. The van der Waals surface area contributed by atoms with Crippen molar-refractivity contribution in [3.63, 3.8) is 0 Å². The maximum Gasteiger partial charge on any atom is 0.338 e. The summed E-state index contributed by atoms with van der Waals surface area (Å²) in [4.78, 5) is 24.0. The van der Waals surface area contributed by atoms with Crippen molar-refractivity contribution in [2.24, 2.45) is 0 Å². The van der Waals surface area contributed by atoms with E-state index in [1.54, 1.807) is 24.3 Å². The van der Waals surface area contributed by atoms with Crippen molar-refractivity contribution < 1.29 is 19.1 Å². The summed E-state index contributed by atoms with van der Waals surface area (Å²) in [5, 5.41) is 2.75. The lowest BCUT2D eigenvalue weighted by atomic mass is 10.1. The van der Waals surface area contributed by atoms with Gasteiger partial charge in [-0.3, -0.25) is 4.79 Å². The van der Waals surface area contributed by atoms with Gasteiger partial charge in [0, 0.05) is 5.69 Å². The third kappa shape index (κ3) is 5.64. The number of rotatable bonds is 7. The first-order chi connectivity index (χ1) is 12.0. The lowest BCUT2D eigenvalue weighted by Crippen LogP contribution is -2.21. The summed E-state index contributed by atoms with van der Waals surface area (Å²) >= 11 is 0. The molecule has 0 aliphatic carbocycles. The second-order valence-electron chi connectivity index (χ2n) is 5.82. The van der Waals surface area contributed by atoms with Crippen LogP contribution < -0.4 is 10.1 Å². The maximum absolute atomic E-state index is 12.0. The molecule has 0 fully saturated rings. The van der Waals surface area contributed by atoms with Crippen LogP contribution in [0.5, 0.6) is 5.75 Å². The molecule has 0 spiro atoms. The van der Waals surface area contributed by atoms with Gasteiger partial charge in [-0.05, 0) is 61.7 Å². The number of nitrogens with one attached hydrogen (secondary N) is 1. The van der Waals surface area contributed by atoms with Crippen LogP contribution in [0.2, 0.25) is 0 Å². The first-order valence-corrected chi connectivity index (χ1v) is 8.26. The van der Waals surface area contributed by atoms with Crippen LogP contribution in [0.25, 0.3) is 0 Å². The van der Waals surface area contributed by atoms with E-state index in [1.807, 2.05) is 39.0 Å². The van der Waals surface area contributed by atoms with Crippen molar-refractivity contribution in [3.05, 3.63) is 59.2 Å². The molecule has 1 amide bonds. The van der Waals surface area contributed by atoms with E-state index in [0.717, 1.165) is 23.2 Å². The highest BCUT2D eigenvalue weighted by atomic mass is 16.5. The van der Waals surface area contributed by atoms with Crippen molar-refractivity contribution in [1.29, 1.82) is 0 Å². The molecule has 0 saturated carbocycles. The second-order valence-corrected chi connectivity index (χ2v) is 5.82. The Labute approximate surface area is 148 Å². The zero-order valence-corrected chi connectivity index (χ0v) is 14.8. The van der Waals surface area contributed by atoms with Gasteiger partial charge in [0.15, 0.2) is 6.61 Å². The second kappa shape index (κ2) is 8.87. The summed E-state index contributed by atoms with van der Waals surface area (Å²) in [5.41, 5.74) is 3.10. The number of carbonyl (C=O) groups excluding carboxylic acids is 2. The van der Waals surface area contributed by atoms with E-state index in [9.17, 15) is 9.59 Å². The molecular weight excluding hydrogens is 318 g/mol. The number of benzene rings is 2. The molecule has 0 aliphatic rings. The minimum atomic E-state index is -0.543. The van der Waals surface area contributed by atoms with E-state index in [0.29, 0.717) is 17.9 Å². The van der Waals surface area contributed by atoms with Gasteiger partial charge in [-0.15, -0.1) is 0 Å². The van der Waals surface area contributed by atoms with Crippen molar-refractivity contribution >= 4 is 17.6 Å². The Morgan fingerprint density at radius 1 is 1.04 bits per heavy atom.